The van der Waals surface area contributed by atoms with E-state index in [4.69, 9.17) is 15.3 Å². The molecule has 4 N–H and O–H groups in total. The van der Waals surface area contributed by atoms with Gasteiger partial charge >= 0.3 is 0 Å². The van der Waals surface area contributed by atoms with Crippen LogP contribution in [0.2, 0.25) is 19.1 Å². The molecule has 0 amide bonds. The summed E-state index contributed by atoms with van der Waals surface area (Å²) in [6.07, 6.45) is 5.68. The molecule has 0 aromatic carbocycles. The monoisotopic (exact) mass is 368 g/mol. The summed E-state index contributed by atoms with van der Waals surface area (Å²) in [5.74, 6) is 0. The van der Waals surface area contributed by atoms with Gasteiger partial charge in [-0.2, -0.15) is 0 Å². The Morgan fingerprint density at radius 3 is 2.22 bits per heavy atom. The van der Waals surface area contributed by atoms with Crippen molar-refractivity contribution in [1.29, 1.82) is 0 Å². The van der Waals surface area contributed by atoms with Crippen LogP contribution in [0.25, 0.3) is 0 Å². The summed E-state index contributed by atoms with van der Waals surface area (Å²) >= 11 is 0. The van der Waals surface area contributed by atoms with Crippen LogP contribution in [0.4, 0.5) is 0 Å². The van der Waals surface area contributed by atoms with Crippen molar-refractivity contribution in [3.8, 4) is 0 Å². The van der Waals surface area contributed by atoms with E-state index in [-0.39, 0.29) is 15.9 Å². The molecule has 0 aromatic rings. The maximum Gasteiger partial charge on any atom is 0.173 e. The largest absolute Gasteiger partial charge is 0.427 e. The average Bonchev–Trinajstić information content (AvgIpc) is 2.56. The topological polar surface area (TPSA) is 76.7 Å². The second-order valence-electron chi connectivity index (χ2n) is 5.65. The average molecular weight is 369 g/mol. The van der Waals surface area contributed by atoms with Gasteiger partial charge in [-0.3, -0.25) is 0 Å². The lowest BCUT2D eigenvalue weighted by Crippen LogP contribution is -2.23. The Kier molecular flexibility index (Phi) is 33.1. The molecule has 0 saturated carbocycles. The third-order valence-electron chi connectivity index (χ3n) is 3.20. The third-order valence-corrected chi connectivity index (χ3v) is 5.81. The molecule has 0 aromatic heterocycles. The first kappa shape index (κ1) is 28.1. The minimum Gasteiger partial charge on any atom is -0.427 e. The van der Waals surface area contributed by atoms with E-state index in [2.05, 4.69) is 29.8 Å². The van der Waals surface area contributed by atoms with E-state index in [0.717, 1.165) is 32.5 Å². The number of nitrogens with two attached hydrogens (primary N) is 1. The molecule has 7 heteroatoms. The van der Waals surface area contributed by atoms with Gasteiger partial charge in [0.25, 0.3) is 0 Å². The second kappa shape index (κ2) is 27.1. The van der Waals surface area contributed by atoms with Crippen molar-refractivity contribution < 1.29 is 14.0 Å². The molecule has 0 fully saturated rings. The fraction of sp³-hybridized carbons (Fsp3) is 1.00. The highest BCUT2D eigenvalue weighted by Crippen LogP contribution is 2.06. The van der Waals surface area contributed by atoms with Crippen LogP contribution < -0.4 is 11.1 Å². The Hall–Kier alpha value is 0.234. The second-order valence-corrected chi connectivity index (χ2v) is 9.47. The normalized spacial score (nSPS) is 13.0. The molecular weight excluding hydrogens is 324 g/mol. The summed E-state index contributed by atoms with van der Waals surface area (Å²) in [6, 6.07) is 1.24. The molecule has 0 spiro atoms. The Morgan fingerprint density at radius 2 is 1.83 bits per heavy atom. The maximum absolute atomic E-state index is 8.95. The standard InChI is InChI=1S/C8H20O2Si.C6H16N2.C2H8OSi/c1-8(9)6-4-5-7-11(3)10-2;1-2-3-5-8-6-4-7;1-3-4-2/h8-9,11H,4-7H2,1-3H3;8H,2-7H2,1H3;4H2,1-2H3. The van der Waals surface area contributed by atoms with E-state index in [1.165, 1.54) is 25.3 Å². The van der Waals surface area contributed by atoms with Crippen LogP contribution in [-0.2, 0) is 8.85 Å². The number of unbranched alkanes of at least 4 members (excludes halogenated alkanes) is 2. The molecule has 23 heavy (non-hydrogen) atoms. The van der Waals surface area contributed by atoms with E-state index < -0.39 is 9.04 Å². The fourth-order valence-corrected chi connectivity index (χ4v) is 2.62. The lowest BCUT2D eigenvalue weighted by atomic mass is 10.2. The number of hydrogen-bond donors (Lipinski definition) is 3. The van der Waals surface area contributed by atoms with Crippen LogP contribution in [0.1, 0.15) is 46.0 Å². The highest BCUT2D eigenvalue weighted by Gasteiger charge is 2.02. The van der Waals surface area contributed by atoms with Gasteiger partial charge in [0.2, 0.25) is 0 Å². The van der Waals surface area contributed by atoms with Gasteiger partial charge in [-0.25, -0.2) is 0 Å². The molecule has 0 rings (SSSR count). The lowest BCUT2D eigenvalue weighted by molar-refractivity contribution is 0.181. The molecule has 2 atom stereocenters. The highest BCUT2D eigenvalue weighted by molar-refractivity contribution is 6.50. The minimum absolute atomic E-state index is 0.0756. The van der Waals surface area contributed by atoms with E-state index in [0.29, 0.717) is 0 Å². The number of aliphatic hydroxyl groups is 1. The zero-order valence-electron chi connectivity index (χ0n) is 16.6. The third kappa shape index (κ3) is 39.2. The fourth-order valence-electron chi connectivity index (χ4n) is 1.52. The molecule has 0 heterocycles. The number of rotatable bonds is 12. The first-order chi connectivity index (χ1) is 11.0. The Bertz CT molecular complexity index is 183. The van der Waals surface area contributed by atoms with Gasteiger partial charge in [0.1, 0.15) is 0 Å². The van der Waals surface area contributed by atoms with Gasteiger partial charge in [0, 0.05) is 27.3 Å². The molecule has 2 unspecified atom stereocenters. The van der Waals surface area contributed by atoms with Gasteiger partial charge in [-0.1, -0.05) is 32.7 Å². The highest BCUT2D eigenvalue weighted by atomic mass is 28.3. The van der Waals surface area contributed by atoms with Crippen molar-refractivity contribution >= 4 is 18.8 Å². The molecule has 0 bridgehead atoms. The lowest BCUT2D eigenvalue weighted by Gasteiger charge is -2.07. The van der Waals surface area contributed by atoms with Crippen LogP contribution in [0, 0.1) is 0 Å². The first-order valence-electron chi connectivity index (χ1n) is 9.10. The van der Waals surface area contributed by atoms with Gasteiger partial charge in [-0.05, 0) is 38.9 Å². The molecular formula is C16H44N2O3Si2. The van der Waals surface area contributed by atoms with Gasteiger partial charge in [0.15, 0.2) is 18.8 Å². The molecule has 0 aliphatic heterocycles. The van der Waals surface area contributed by atoms with E-state index in [9.17, 15) is 0 Å². The molecule has 5 nitrogen and oxygen atoms in total. The van der Waals surface area contributed by atoms with E-state index in [1.54, 1.807) is 14.2 Å². The Morgan fingerprint density at radius 1 is 1.22 bits per heavy atom. The van der Waals surface area contributed by atoms with Crippen LogP contribution >= 0.6 is 0 Å². The van der Waals surface area contributed by atoms with Gasteiger partial charge in [0.05, 0.1) is 6.10 Å². The quantitative estimate of drug-likeness (QED) is 0.360. The SMILES string of the molecule is CCCCNCCN.CO[SiH2]C.CO[SiH](C)CCCCC(C)O. The predicted molar refractivity (Wildman–Crippen MR) is 109 cm³/mol. The summed E-state index contributed by atoms with van der Waals surface area (Å²) in [7, 11) is 2.64. The van der Waals surface area contributed by atoms with Gasteiger partial charge in [-0.15, -0.1) is 0 Å². The Labute approximate surface area is 149 Å². The van der Waals surface area contributed by atoms with Crippen molar-refractivity contribution in [3.05, 3.63) is 0 Å². The first-order valence-corrected chi connectivity index (χ1v) is 13.5. The zero-order chi connectivity index (χ0) is 18.3. The molecule has 0 aliphatic carbocycles. The molecule has 0 aliphatic rings. The zero-order valence-corrected chi connectivity index (χ0v) is 19.1. The van der Waals surface area contributed by atoms with Crippen LogP contribution in [0.5, 0.6) is 0 Å². The van der Waals surface area contributed by atoms with Crippen molar-refractivity contribution in [2.24, 2.45) is 5.73 Å². The van der Waals surface area contributed by atoms with Crippen LogP contribution in [0.15, 0.2) is 0 Å². The van der Waals surface area contributed by atoms with Crippen molar-refractivity contribution in [2.45, 2.75) is 71.2 Å². The van der Waals surface area contributed by atoms with Crippen molar-refractivity contribution in [2.75, 3.05) is 33.9 Å². The number of hydrogen-bond acceptors (Lipinski definition) is 5. The molecule has 144 valence electrons. The predicted octanol–water partition coefficient (Wildman–Crippen LogP) is 1.64. The van der Waals surface area contributed by atoms with Crippen molar-refractivity contribution in [1.82, 2.24) is 5.32 Å². The summed E-state index contributed by atoms with van der Waals surface area (Å²) < 4.78 is 9.91. The van der Waals surface area contributed by atoms with Crippen LogP contribution in [-0.4, -0.2) is 63.9 Å². The summed E-state index contributed by atoms with van der Waals surface area (Å²) in [6.45, 7) is 11.2. The minimum atomic E-state index is -0.826. The van der Waals surface area contributed by atoms with Gasteiger partial charge < -0.3 is 25.0 Å². The summed E-state index contributed by atoms with van der Waals surface area (Å²) in [4.78, 5) is 0. The molecule has 0 radical (unpaired) electrons. The van der Waals surface area contributed by atoms with E-state index in [1.807, 2.05) is 6.92 Å². The van der Waals surface area contributed by atoms with Crippen LogP contribution in [0.3, 0.4) is 0 Å². The number of nitrogens with one attached hydrogen (secondary N) is 1. The smallest absolute Gasteiger partial charge is 0.173 e. The summed E-state index contributed by atoms with van der Waals surface area (Å²) in [5, 5.41) is 12.2. The maximum atomic E-state index is 8.95. The molecule has 0 saturated heterocycles. The Balaban J connectivity index is -0.000000292. The number of aliphatic hydroxyl groups excluding tert-OH is 1. The van der Waals surface area contributed by atoms with E-state index >= 15 is 0 Å². The van der Waals surface area contributed by atoms with Crippen molar-refractivity contribution in [3.63, 3.8) is 0 Å². The summed E-state index contributed by atoms with van der Waals surface area (Å²) in [5.41, 5.74) is 5.25.